The molecular formula is C25H36F8O. The van der Waals surface area contributed by atoms with Crippen LogP contribution in [0.4, 0.5) is 35.1 Å². The van der Waals surface area contributed by atoms with Gasteiger partial charge in [0.15, 0.2) is 6.17 Å². The fraction of sp³-hybridized carbons (Fsp3) is 1.00. The van der Waals surface area contributed by atoms with Gasteiger partial charge in [-0.2, -0.15) is 8.78 Å². The highest BCUT2D eigenvalue weighted by molar-refractivity contribution is 4.97. The van der Waals surface area contributed by atoms with Crippen molar-refractivity contribution >= 4 is 0 Å². The van der Waals surface area contributed by atoms with Gasteiger partial charge in [-0.1, -0.05) is 32.1 Å². The number of hydrogen-bond donors (Lipinski definition) is 0. The van der Waals surface area contributed by atoms with E-state index in [4.69, 9.17) is 0 Å². The minimum atomic E-state index is -4.30. The van der Waals surface area contributed by atoms with Gasteiger partial charge in [-0.3, -0.25) is 0 Å². The van der Waals surface area contributed by atoms with Crippen LogP contribution in [0.25, 0.3) is 0 Å². The van der Waals surface area contributed by atoms with Gasteiger partial charge in [-0.25, -0.2) is 26.3 Å². The van der Waals surface area contributed by atoms with Crippen LogP contribution in [0, 0.1) is 29.6 Å². The fourth-order valence-electron chi connectivity index (χ4n) is 7.18. The van der Waals surface area contributed by atoms with Crippen LogP contribution in [0.3, 0.4) is 0 Å². The molecule has 4 aliphatic carbocycles. The molecule has 4 rings (SSSR count). The quantitative estimate of drug-likeness (QED) is 0.347. The van der Waals surface area contributed by atoms with Crippen molar-refractivity contribution in [1.29, 1.82) is 0 Å². The Labute approximate surface area is 196 Å². The third kappa shape index (κ3) is 5.69. The van der Waals surface area contributed by atoms with Crippen LogP contribution in [-0.2, 0) is 4.74 Å². The molecule has 4 aliphatic rings. The van der Waals surface area contributed by atoms with Crippen molar-refractivity contribution in [1.82, 2.24) is 0 Å². The lowest BCUT2D eigenvalue weighted by Gasteiger charge is -2.45. The van der Waals surface area contributed by atoms with E-state index in [0.29, 0.717) is 18.8 Å². The summed E-state index contributed by atoms with van der Waals surface area (Å²) >= 11 is 0. The molecule has 0 spiro atoms. The van der Waals surface area contributed by atoms with Gasteiger partial charge in [0.05, 0.1) is 6.10 Å². The molecule has 0 bridgehead atoms. The molecule has 0 saturated heterocycles. The maximum atomic E-state index is 15.1. The van der Waals surface area contributed by atoms with Gasteiger partial charge in [-0.15, -0.1) is 0 Å². The summed E-state index contributed by atoms with van der Waals surface area (Å²) in [5, 5.41) is 0. The van der Waals surface area contributed by atoms with Gasteiger partial charge in [0.2, 0.25) is 0 Å². The van der Waals surface area contributed by atoms with E-state index in [9.17, 15) is 30.7 Å². The zero-order valence-corrected chi connectivity index (χ0v) is 19.3. The van der Waals surface area contributed by atoms with Crippen molar-refractivity contribution in [3.05, 3.63) is 0 Å². The second-order valence-corrected chi connectivity index (χ2v) is 11.2. The Balaban J connectivity index is 1.33. The lowest BCUT2D eigenvalue weighted by Crippen LogP contribution is -2.52. The fourth-order valence-corrected chi connectivity index (χ4v) is 7.18. The summed E-state index contributed by atoms with van der Waals surface area (Å²) in [6.45, 7) is 0. The van der Waals surface area contributed by atoms with Crippen molar-refractivity contribution < 1.29 is 39.9 Å². The first-order chi connectivity index (χ1) is 16.1. The molecule has 0 heterocycles. The average molecular weight is 505 g/mol. The van der Waals surface area contributed by atoms with Gasteiger partial charge >= 0.3 is 6.11 Å². The Hall–Kier alpha value is -0.600. The molecule has 0 aromatic rings. The second kappa shape index (κ2) is 10.8. The number of alkyl halides is 8. The molecule has 34 heavy (non-hydrogen) atoms. The Kier molecular flexibility index (Phi) is 8.40. The second-order valence-electron chi connectivity index (χ2n) is 11.2. The molecule has 9 heteroatoms. The smallest absolute Gasteiger partial charge is 0.317 e. The molecule has 0 aromatic carbocycles. The molecule has 4 saturated carbocycles. The van der Waals surface area contributed by atoms with Crippen LogP contribution >= 0.6 is 0 Å². The van der Waals surface area contributed by atoms with E-state index < -0.39 is 92.7 Å². The summed E-state index contributed by atoms with van der Waals surface area (Å²) < 4.78 is 119. The summed E-state index contributed by atoms with van der Waals surface area (Å²) in [7, 11) is 0. The van der Waals surface area contributed by atoms with Gasteiger partial charge in [0.1, 0.15) is 36.8 Å². The van der Waals surface area contributed by atoms with Gasteiger partial charge in [-0.05, 0) is 55.8 Å². The molecule has 198 valence electrons. The van der Waals surface area contributed by atoms with Crippen molar-refractivity contribution in [3.63, 3.8) is 0 Å². The first-order valence-electron chi connectivity index (χ1n) is 13.0. The maximum Gasteiger partial charge on any atom is 0.364 e. The summed E-state index contributed by atoms with van der Waals surface area (Å²) in [6, 6.07) is 0. The number of ether oxygens (including phenoxy) is 1. The molecule has 0 aromatic heterocycles. The topological polar surface area (TPSA) is 9.23 Å². The van der Waals surface area contributed by atoms with Crippen LogP contribution in [0.15, 0.2) is 0 Å². The van der Waals surface area contributed by atoms with Crippen molar-refractivity contribution in [2.75, 3.05) is 0 Å². The van der Waals surface area contributed by atoms with E-state index in [-0.39, 0.29) is 5.92 Å². The standard InChI is InChI=1S/C25H36F8O/c26-18-8-14(13-4-2-1-3-5-13)6-7-17(18)15-9-19(27)23(20(28)10-15)25(32,33)34-16-11-21(29)24(31)22(30)12-16/h13-24H,1-12H2/t14?,15?,16?,17?,18-,19+,20?,21?,22?,23?,24?/m1/s1. The summed E-state index contributed by atoms with van der Waals surface area (Å²) in [4.78, 5) is 0. The van der Waals surface area contributed by atoms with Crippen LogP contribution in [0.1, 0.15) is 77.0 Å². The monoisotopic (exact) mass is 504 g/mol. The number of rotatable bonds is 5. The highest BCUT2D eigenvalue weighted by Crippen LogP contribution is 2.50. The van der Waals surface area contributed by atoms with Crippen LogP contribution < -0.4 is 0 Å². The Morgan fingerprint density at radius 2 is 1.09 bits per heavy atom. The van der Waals surface area contributed by atoms with Crippen LogP contribution in [0.5, 0.6) is 0 Å². The Morgan fingerprint density at radius 3 is 1.65 bits per heavy atom. The van der Waals surface area contributed by atoms with Gasteiger partial charge < -0.3 is 4.74 Å². The molecule has 7 unspecified atom stereocenters. The van der Waals surface area contributed by atoms with Gasteiger partial charge in [0.25, 0.3) is 0 Å². The normalized spacial score (nSPS) is 47.5. The summed E-state index contributed by atoms with van der Waals surface area (Å²) in [5.41, 5.74) is 0. The molecule has 0 N–H and O–H groups in total. The van der Waals surface area contributed by atoms with Crippen LogP contribution in [0.2, 0.25) is 0 Å². The van der Waals surface area contributed by atoms with E-state index in [1.165, 1.54) is 6.42 Å². The van der Waals surface area contributed by atoms with E-state index in [1.54, 1.807) is 0 Å². The third-order valence-corrected chi connectivity index (χ3v) is 9.00. The van der Waals surface area contributed by atoms with Crippen molar-refractivity contribution in [2.45, 2.75) is 126 Å². The minimum Gasteiger partial charge on any atom is -0.317 e. The van der Waals surface area contributed by atoms with Crippen LogP contribution in [-0.4, -0.2) is 49.2 Å². The number of hydrogen-bond acceptors (Lipinski definition) is 1. The maximum absolute atomic E-state index is 15.1. The Bertz CT molecular complexity index is 635. The Morgan fingerprint density at radius 1 is 0.529 bits per heavy atom. The van der Waals surface area contributed by atoms with E-state index >= 15 is 4.39 Å². The highest BCUT2D eigenvalue weighted by Gasteiger charge is 2.57. The summed E-state index contributed by atoms with van der Waals surface area (Å²) in [6.07, 6.45) is -13.7. The largest absolute Gasteiger partial charge is 0.364 e. The average Bonchev–Trinajstić information content (AvgIpc) is 2.77. The predicted molar refractivity (Wildman–Crippen MR) is 112 cm³/mol. The molecule has 1 nitrogen and oxygen atoms in total. The summed E-state index contributed by atoms with van der Waals surface area (Å²) in [5.74, 6) is -2.87. The predicted octanol–water partition coefficient (Wildman–Crippen LogP) is 7.81. The molecule has 0 radical (unpaired) electrons. The minimum absolute atomic E-state index is 0.279. The zero-order chi connectivity index (χ0) is 24.6. The van der Waals surface area contributed by atoms with E-state index in [0.717, 1.165) is 32.1 Å². The van der Waals surface area contributed by atoms with E-state index in [2.05, 4.69) is 4.74 Å². The van der Waals surface area contributed by atoms with Gasteiger partial charge in [0, 0.05) is 12.8 Å². The zero-order valence-electron chi connectivity index (χ0n) is 19.3. The number of halogens is 8. The van der Waals surface area contributed by atoms with Crippen molar-refractivity contribution in [2.24, 2.45) is 29.6 Å². The lowest BCUT2D eigenvalue weighted by atomic mass is 9.64. The molecule has 9 atom stereocenters. The highest BCUT2D eigenvalue weighted by atomic mass is 19.3. The first kappa shape index (κ1) is 26.5. The molecule has 0 amide bonds. The lowest BCUT2D eigenvalue weighted by molar-refractivity contribution is -0.323. The third-order valence-electron chi connectivity index (χ3n) is 9.00. The SMILES string of the molecule is FC1CC(OC(F)(F)C2C(F)CC(C3CCC(C4CCCCC4)C[C@H]3F)C[C@@H]2F)CC(F)C1F. The molecular weight excluding hydrogens is 468 g/mol. The first-order valence-corrected chi connectivity index (χ1v) is 13.0. The molecule has 4 fully saturated rings. The van der Waals surface area contributed by atoms with Crippen molar-refractivity contribution in [3.8, 4) is 0 Å². The van der Waals surface area contributed by atoms with E-state index in [1.807, 2.05) is 0 Å². The molecule has 0 aliphatic heterocycles.